The van der Waals surface area contributed by atoms with Gasteiger partial charge in [0.05, 0.1) is 11.3 Å². The number of H-pyrrole nitrogens is 1. The van der Waals surface area contributed by atoms with E-state index in [2.05, 4.69) is 31.3 Å². The predicted octanol–water partition coefficient (Wildman–Crippen LogP) is 6.36. The standard InChI is InChI=1S/C26H20F3N5/c27-26(28,29)20-5-3-4-18(14-20)23-15-24(34-25(33-23)17-8-11-30-12-9-17)31-13-10-19-16-32-22-7-2-1-6-21(19)22/h1-9,11-12,14-16,32H,10,13H2,(H,31,33,34). The molecule has 0 aliphatic carbocycles. The molecule has 8 heteroatoms. The fraction of sp³-hybridized carbons (Fsp3) is 0.115. The van der Waals surface area contributed by atoms with Crippen molar-refractivity contribution >= 4 is 16.7 Å². The summed E-state index contributed by atoms with van der Waals surface area (Å²) < 4.78 is 39.8. The molecule has 34 heavy (non-hydrogen) atoms. The van der Waals surface area contributed by atoms with Crippen LogP contribution in [0.25, 0.3) is 33.5 Å². The van der Waals surface area contributed by atoms with E-state index in [1.807, 2.05) is 24.4 Å². The van der Waals surface area contributed by atoms with Gasteiger partial charge in [-0.15, -0.1) is 0 Å². The molecule has 0 saturated heterocycles. The maximum Gasteiger partial charge on any atom is 0.416 e. The van der Waals surface area contributed by atoms with E-state index in [1.165, 1.54) is 11.6 Å². The van der Waals surface area contributed by atoms with E-state index in [0.717, 1.165) is 35.0 Å². The van der Waals surface area contributed by atoms with Crippen LogP contribution >= 0.6 is 0 Å². The van der Waals surface area contributed by atoms with Gasteiger partial charge in [0.2, 0.25) is 0 Å². The van der Waals surface area contributed by atoms with Gasteiger partial charge in [-0.3, -0.25) is 4.98 Å². The van der Waals surface area contributed by atoms with E-state index >= 15 is 0 Å². The summed E-state index contributed by atoms with van der Waals surface area (Å²) in [5.41, 5.74) is 3.03. The molecule has 0 atom stereocenters. The van der Waals surface area contributed by atoms with Crippen LogP contribution in [-0.2, 0) is 12.6 Å². The molecule has 5 rings (SSSR count). The number of para-hydroxylation sites is 1. The first kappa shape index (κ1) is 21.6. The van der Waals surface area contributed by atoms with Gasteiger partial charge in [-0.2, -0.15) is 13.2 Å². The number of nitrogens with zero attached hydrogens (tertiary/aromatic N) is 3. The number of nitrogens with one attached hydrogen (secondary N) is 2. The average Bonchev–Trinajstić information content (AvgIpc) is 3.27. The molecule has 3 heterocycles. The van der Waals surface area contributed by atoms with E-state index < -0.39 is 11.7 Å². The highest BCUT2D eigenvalue weighted by Crippen LogP contribution is 2.32. The highest BCUT2D eigenvalue weighted by molar-refractivity contribution is 5.83. The molecule has 5 nitrogen and oxygen atoms in total. The van der Waals surface area contributed by atoms with Crippen molar-refractivity contribution in [3.05, 3.63) is 96.4 Å². The van der Waals surface area contributed by atoms with Crippen molar-refractivity contribution in [2.45, 2.75) is 12.6 Å². The van der Waals surface area contributed by atoms with Crippen molar-refractivity contribution in [3.8, 4) is 22.6 Å². The monoisotopic (exact) mass is 459 g/mol. The summed E-state index contributed by atoms with van der Waals surface area (Å²) in [5, 5.41) is 4.47. The zero-order valence-corrected chi connectivity index (χ0v) is 18.0. The molecule has 0 unspecified atom stereocenters. The summed E-state index contributed by atoms with van der Waals surface area (Å²) in [5.74, 6) is 0.945. The van der Waals surface area contributed by atoms with Crippen LogP contribution in [0.3, 0.4) is 0 Å². The quantitative estimate of drug-likeness (QED) is 0.310. The largest absolute Gasteiger partial charge is 0.416 e. The SMILES string of the molecule is FC(F)(F)c1cccc(-c2cc(NCCc3c[nH]c4ccccc34)nc(-c3ccncc3)n2)c1. The normalized spacial score (nSPS) is 11.6. The number of pyridine rings is 1. The molecule has 0 spiro atoms. The van der Waals surface area contributed by atoms with Crippen molar-refractivity contribution in [1.82, 2.24) is 19.9 Å². The molecule has 2 N–H and O–H groups in total. The van der Waals surface area contributed by atoms with E-state index in [-0.39, 0.29) is 0 Å². The number of fused-ring (bicyclic) bond motifs is 1. The number of hydrogen-bond acceptors (Lipinski definition) is 4. The highest BCUT2D eigenvalue weighted by Gasteiger charge is 2.30. The lowest BCUT2D eigenvalue weighted by molar-refractivity contribution is -0.137. The number of benzene rings is 2. The van der Waals surface area contributed by atoms with Crippen molar-refractivity contribution in [1.29, 1.82) is 0 Å². The molecular formula is C26H20F3N5. The molecule has 5 aromatic rings. The number of rotatable bonds is 6. The minimum atomic E-state index is -4.43. The van der Waals surface area contributed by atoms with Gasteiger partial charge in [-0.25, -0.2) is 9.97 Å². The Balaban J connectivity index is 1.46. The van der Waals surface area contributed by atoms with Gasteiger partial charge in [-0.05, 0) is 42.3 Å². The first-order valence-corrected chi connectivity index (χ1v) is 10.7. The Labute approximate surface area is 193 Å². The third kappa shape index (κ3) is 4.61. The second-order valence-corrected chi connectivity index (χ2v) is 7.81. The Morgan fingerprint density at radius 1 is 0.853 bits per heavy atom. The summed E-state index contributed by atoms with van der Waals surface area (Å²) in [7, 11) is 0. The zero-order chi connectivity index (χ0) is 23.5. The van der Waals surface area contributed by atoms with Crippen molar-refractivity contribution in [2.75, 3.05) is 11.9 Å². The summed E-state index contributed by atoms with van der Waals surface area (Å²) in [6.45, 7) is 0.594. The van der Waals surface area contributed by atoms with E-state index in [1.54, 1.807) is 36.7 Å². The highest BCUT2D eigenvalue weighted by atomic mass is 19.4. The number of hydrogen-bond donors (Lipinski definition) is 2. The first-order valence-electron chi connectivity index (χ1n) is 10.7. The van der Waals surface area contributed by atoms with Crippen LogP contribution in [0.1, 0.15) is 11.1 Å². The number of aromatic nitrogens is 4. The lowest BCUT2D eigenvalue weighted by Gasteiger charge is -2.12. The summed E-state index contributed by atoms with van der Waals surface area (Å²) in [4.78, 5) is 16.4. The summed E-state index contributed by atoms with van der Waals surface area (Å²) in [6.07, 6.45) is 1.55. The first-order chi connectivity index (χ1) is 16.5. The molecule has 0 amide bonds. The third-order valence-corrected chi connectivity index (χ3v) is 5.53. The Morgan fingerprint density at radius 3 is 2.50 bits per heavy atom. The number of halogens is 3. The smallest absolute Gasteiger partial charge is 0.370 e. The minimum Gasteiger partial charge on any atom is -0.370 e. The minimum absolute atomic E-state index is 0.368. The third-order valence-electron chi connectivity index (χ3n) is 5.53. The van der Waals surface area contributed by atoms with Crippen molar-refractivity contribution in [2.24, 2.45) is 0 Å². The summed E-state index contributed by atoms with van der Waals surface area (Å²) in [6, 6.07) is 18.4. The molecule has 0 radical (unpaired) electrons. The molecule has 0 aliphatic rings. The molecular weight excluding hydrogens is 439 g/mol. The van der Waals surface area contributed by atoms with Crippen molar-refractivity contribution < 1.29 is 13.2 Å². The molecule has 0 fully saturated rings. The second-order valence-electron chi connectivity index (χ2n) is 7.81. The van der Waals surface area contributed by atoms with Crippen LogP contribution < -0.4 is 5.32 Å². The van der Waals surface area contributed by atoms with Crippen LogP contribution in [0.5, 0.6) is 0 Å². The van der Waals surface area contributed by atoms with Gasteiger partial charge < -0.3 is 10.3 Å². The molecule has 0 saturated carbocycles. The van der Waals surface area contributed by atoms with Crippen LogP contribution in [0.4, 0.5) is 19.0 Å². The molecule has 2 aromatic carbocycles. The van der Waals surface area contributed by atoms with Crippen LogP contribution in [0.15, 0.2) is 85.3 Å². The predicted molar refractivity (Wildman–Crippen MR) is 126 cm³/mol. The van der Waals surface area contributed by atoms with Crippen molar-refractivity contribution in [3.63, 3.8) is 0 Å². The Kier molecular flexibility index (Phi) is 5.71. The van der Waals surface area contributed by atoms with Gasteiger partial charge in [-0.1, -0.05) is 30.3 Å². The molecule has 0 aliphatic heterocycles. The van der Waals surface area contributed by atoms with Gasteiger partial charge in [0, 0.05) is 53.2 Å². The molecule has 170 valence electrons. The Morgan fingerprint density at radius 2 is 1.68 bits per heavy atom. The van der Waals surface area contributed by atoms with E-state index in [9.17, 15) is 13.2 Å². The van der Waals surface area contributed by atoms with Gasteiger partial charge in [0.25, 0.3) is 0 Å². The number of alkyl halides is 3. The maximum absolute atomic E-state index is 13.3. The zero-order valence-electron chi connectivity index (χ0n) is 18.0. The van der Waals surface area contributed by atoms with Crippen LogP contribution in [0, 0.1) is 0 Å². The lowest BCUT2D eigenvalue weighted by Crippen LogP contribution is -2.08. The molecule has 0 bridgehead atoms. The van der Waals surface area contributed by atoms with E-state index in [0.29, 0.717) is 29.4 Å². The second kappa shape index (κ2) is 8.97. The van der Waals surface area contributed by atoms with E-state index in [4.69, 9.17) is 0 Å². The fourth-order valence-corrected chi connectivity index (χ4v) is 3.83. The number of aromatic amines is 1. The summed E-state index contributed by atoms with van der Waals surface area (Å²) >= 11 is 0. The lowest BCUT2D eigenvalue weighted by atomic mass is 10.1. The van der Waals surface area contributed by atoms with Gasteiger partial charge in [0.15, 0.2) is 5.82 Å². The van der Waals surface area contributed by atoms with Gasteiger partial charge >= 0.3 is 6.18 Å². The Bertz CT molecular complexity index is 1430. The van der Waals surface area contributed by atoms with Gasteiger partial charge in [0.1, 0.15) is 5.82 Å². The van der Waals surface area contributed by atoms with Crippen LogP contribution in [0.2, 0.25) is 0 Å². The van der Waals surface area contributed by atoms with Crippen LogP contribution in [-0.4, -0.2) is 26.5 Å². The average molecular weight is 459 g/mol. The molecule has 3 aromatic heterocycles. The number of anilines is 1. The topological polar surface area (TPSA) is 66.5 Å². The Hall–Kier alpha value is -4.20. The fourth-order valence-electron chi connectivity index (χ4n) is 3.83. The maximum atomic E-state index is 13.3.